The Hall–Kier alpha value is -2.74. The number of ether oxygens (including phenoxy) is 4. The molecular weight excluding hydrogens is 326 g/mol. The van der Waals surface area contributed by atoms with E-state index in [1.165, 1.54) is 0 Å². The van der Waals surface area contributed by atoms with Crippen LogP contribution in [0.1, 0.15) is 12.8 Å². The first-order valence-electron chi connectivity index (χ1n) is 8.24. The highest BCUT2D eigenvalue weighted by molar-refractivity contribution is 5.93. The summed E-state index contributed by atoms with van der Waals surface area (Å²) in [5, 5.41) is 6.85. The second-order valence-corrected chi connectivity index (χ2v) is 5.88. The molecule has 0 spiro atoms. The van der Waals surface area contributed by atoms with E-state index in [0.717, 1.165) is 19.4 Å². The van der Waals surface area contributed by atoms with Gasteiger partial charge in [0, 0.05) is 24.9 Å². The Morgan fingerprint density at radius 3 is 3.04 bits per heavy atom. The van der Waals surface area contributed by atoms with Gasteiger partial charge in [-0.25, -0.2) is 0 Å². The van der Waals surface area contributed by atoms with Crippen LogP contribution in [-0.4, -0.2) is 48.8 Å². The molecule has 2 aliphatic heterocycles. The van der Waals surface area contributed by atoms with Gasteiger partial charge in [-0.1, -0.05) is 0 Å². The first-order chi connectivity index (χ1) is 12.3. The molecule has 25 heavy (non-hydrogen) atoms. The van der Waals surface area contributed by atoms with Crippen LogP contribution in [0.25, 0.3) is 0 Å². The smallest absolute Gasteiger partial charge is 0.266 e. The van der Waals surface area contributed by atoms with Crippen molar-refractivity contribution in [3.63, 3.8) is 0 Å². The van der Waals surface area contributed by atoms with Crippen molar-refractivity contribution in [3.8, 4) is 17.2 Å². The number of fused-ring (bicyclic) bond motifs is 1. The summed E-state index contributed by atoms with van der Waals surface area (Å²) in [5.74, 6) is 2.23. The molecule has 8 heteroatoms. The Morgan fingerprint density at radius 2 is 2.24 bits per heavy atom. The molecule has 1 N–H and O–H groups in total. The first-order valence-corrected chi connectivity index (χ1v) is 8.24. The molecule has 3 heterocycles. The topological polar surface area (TPSA) is 85.9 Å². The van der Waals surface area contributed by atoms with E-state index in [2.05, 4.69) is 10.2 Å². The number of aromatic amines is 1. The minimum Gasteiger partial charge on any atom is -0.484 e. The van der Waals surface area contributed by atoms with E-state index >= 15 is 0 Å². The summed E-state index contributed by atoms with van der Waals surface area (Å²) in [5.41, 5.74) is 0. The molecule has 0 radical (unpaired) electrons. The number of hydrogen-bond acceptors (Lipinski definition) is 6. The number of amides is 1. The van der Waals surface area contributed by atoms with Gasteiger partial charge in [-0.2, -0.15) is 5.10 Å². The van der Waals surface area contributed by atoms with Crippen LogP contribution < -0.4 is 19.1 Å². The molecule has 2 aromatic rings. The van der Waals surface area contributed by atoms with Crippen molar-refractivity contribution in [1.29, 1.82) is 0 Å². The molecule has 132 valence electrons. The summed E-state index contributed by atoms with van der Waals surface area (Å²) in [7, 11) is 0. The van der Waals surface area contributed by atoms with Crippen LogP contribution in [0, 0.1) is 0 Å². The third-order valence-corrected chi connectivity index (χ3v) is 4.18. The Labute approximate surface area is 144 Å². The van der Waals surface area contributed by atoms with Gasteiger partial charge in [-0.3, -0.25) is 14.8 Å². The van der Waals surface area contributed by atoms with Crippen LogP contribution >= 0.6 is 0 Å². The number of anilines is 1. The number of benzene rings is 1. The van der Waals surface area contributed by atoms with Crippen molar-refractivity contribution in [3.05, 3.63) is 30.5 Å². The lowest BCUT2D eigenvalue weighted by atomic mass is 10.2. The van der Waals surface area contributed by atoms with E-state index < -0.39 is 0 Å². The van der Waals surface area contributed by atoms with Gasteiger partial charge in [-0.05, 0) is 25.0 Å². The van der Waals surface area contributed by atoms with E-state index in [-0.39, 0.29) is 25.4 Å². The highest BCUT2D eigenvalue weighted by atomic mass is 16.7. The lowest BCUT2D eigenvalue weighted by Crippen LogP contribution is -2.40. The van der Waals surface area contributed by atoms with Crippen molar-refractivity contribution in [2.24, 2.45) is 0 Å². The summed E-state index contributed by atoms with van der Waals surface area (Å²) in [6.45, 7) is 1.31. The summed E-state index contributed by atoms with van der Waals surface area (Å²) >= 11 is 0. The maximum absolute atomic E-state index is 12.7. The van der Waals surface area contributed by atoms with Gasteiger partial charge in [0.05, 0.1) is 12.6 Å². The molecular formula is C17H19N3O5. The summed E-state index contributed by atoms with van der Waals surface area (Å²) < 4.78 is 21.8. The standard InChI is InChI=1S/C17H19N3O5/c21-17(10-23-12-3-4-14-15(8-12)25-11-24-14)20(16-5-6-18-19-16)9-13-2-1-7-22-13/h3-6,8,13H,1-2,7,9-11H2,(H,18,19). The maximum atomic E-state index is 12.7. The molecule has 1 atom stereocenters. The fourth-order valence-electron chi connectivity index (χ4n) is 2.91. The van der Waals surface area contributed by atoms with Crippen LogP contribution in [0.2, 0.25) is 0 Å². The molecule has 1 saturated heterocycles. The van der Waals surface area contributed by atoms with E-state index in [9.17, 15) is 4.79 Å². The second kappa shape index (κ2) is 7.02. The Morgan fingerprint density at radius 1 is 1.32 bits per heavy atom. The number of rotatable bonds is 6. The molecule has 1 unspecified atom stereocenters. The van der Waals surface area contributed by atoms with Crippen LogP contribution in [0.3, 0.4) is 0 Å². The third-order valence-electron chi connectivity index (χ3n) is 4.18. The highest BCUT2D eigenvalue weighted by Crippen LogP contribution is 2.35. The normalized spacial score (nSPS) is 18.3. The van der Waals surface area contributed by atoms with Gasteiger partial charge in [-0.15, -0.1) is 0 Å². The molecule has 0 saturated carbocycles. The quantitative estimate of drug-likeness (QED) is 0.858. The zero-order valence-electron chi connectivity index (χ0n) is 13.6. The SMILES string of the molecule is O=C(COc1ccc2c(c1)OCO2)N(CC1CCCO1)c1cc[nH]n1. The van der Waals surface area contributed by atoms with Gasteiger partial charge in [0.15, 0.2) is 23.9 Å². The Bertz CT molecular complexity index is 728. The van der Waals surface area contributed by atoms with Crippen molar-refractivity contribution in [2.45, 2.75) is 18.9 Å². The molecule has 0 aliphatic carbocycles. The van der Waals surface area contributed by atoms with Gasteiger partial charge >= 0.3 is 0 Å². The Balaban J connectivity index is 1.41. The van der Waals surface area contributed by atoms with Gasteiger partial charge in [0.25, 0.3) is 5.91 Å². The molecule has 1 aromatic heterocycles. The monoisotopic (exact) mass is 345 g/mol. The fourth-order valence-corrected chi connectivity index (χ4v) is 2.91. The van der Waals surface area contributed by atoms with Crippen molar-refractivity contribution in [2.75, 3.05) is 31.5 Å². The number of nitrogens with zero attached hydrogens (tertiary/aromatic N) is 2. The van der Waals surface area contributed by atoms with E-state index in [0.29, 0.717) is 29.6 Å². The number of aromatic nitrogens is 2. The van der Waals surface area contributed by atoms with Gasteiger partial charge in [0.1, 0.15) is 5.75 Å². The lowest BCUT2D eigenvalue weighted by Gasteiger charge is -2.23. The minimum absolute atomic E-state index is 0.0335. The number of carbonyl (C=O) groups is 1. The van der Waals surface area contributed by atoms with E-state index in [1.807, 2.05) is 0 Å². The molecule has 1 fully saturated rings. The van der Waals surface area contributed by atoms with Gasteiger partial charge in [0.2, 0.25) is 6.79 Å². The zero-order chi connectivity index (χ0) is 17.1. The molecule has 4 rings (SSSR count). The van der Waals surface area contributed by atoms with E-state index in [1.54, 1.807) is 35.4 Å². The number of nitrogens with one attached hydrogen (secondary N) is 1. The van der Waals surface area contributed by atoms with Crippen LogP contribution in [0.5, 0.6) is 17.2 Å². The number of carbonyl (C=O) groups excluding carboxylic acids is 1. The third kappa shape index (κ3) is 3.53. The second-order valence-electron chi connectivity index (χ2n) is 5.88. The van der Waals surface area contributed by atoms with Crippen molar-refractivity contribution < 1.29 is 23.7 Å². The van der Waals surface area contributed by atoms with E-state index in [4.69, 9.17) is 18.9 Å². The predicted octanol–water partition coefficient (Wildman–Crippen LogP) is 1.73. The fraction of sp³-hybridized carbons (Fsp3) is 0.412. The average molecular weight is 345 g/mol. The molecule has 1 amide bonds. The van der Waals surface area contributed by atoms with Crippen molar-refractivity contribution >= 4 is 11.7 Å². The molecule has 2 aliphatic rings. The number of hydrogen-bond donors (Lipinski definition) is 1. The average Bonchev–Trinajstić information content (AvgIpc) is 3.39. The summed E-state index contributed by atoms with van der Waals surface area (Å²) in [6, 6.07) is 6.99. The van der Waals surface area contributed by atoms with Gasteiger partial charge < -0.3 is 18.9 Å². The zero-order valence-corrected chi connectivity index (χ0v) is 13.6. The first kappa shape index (κ1) is 15.8. The lowest BCUT2D eigenvalue weighted by molar-refractivity contribution is -0.121. The van der Waals surface area contributed by atoms with Crippen LogP contribution in [0.4, 0.5) is 5.82 Å². The van der Waals surface area contributed by atoms with Crippen LogP contribution in [0.15, 0.2) is 30.5 Å². The maximum Gasteiger partial charge on any atom is 0.266 e. The van der Waals surface area contributed by atoms with Crippen molar-refractivity contribution in [1.82, 2.24) is 10.2 Å². The summed E-state index contributed by atoms with van der Waals surface area (Å²) in [4.78, 5) is 14.3. The summed E-state index contributed by atoms with van der Waals surface area (Å²) in [6.07, 6.45) is 3.67. The molecule has 0 bridgehead atoms. The highest BCUT2D eigenvalue weighted by Gasteiger charge is 2.25. The minimum atomic E-state index is -0.180. The Kier molecular flexibility index (Phi) is 4.43. The predicted molar refractivity (Wildman–Crippen MR) is 88.0 cm³/mol. The molecule has 1 aromatic carbocycles. The number of H-pyrrole nitrogens is 1. The molecule has 8 nitrogen and oxygen atoms in total. The van der Waals surface area contributed by atoms with Crippen LogP contribution in [-0.2, 0) is 9.53 Å². The largest absolute Gasteiger partial charge is 0.484 e.